The Balaban J connectivity index is 0.000000129. The molecule has 5 aromatic heterocycles. The minimum atomic E-state index is -0.301. The molecule has 0 spiro atoms. The third-order valence-electron chi connectivity index (χ3n) is 17.6. The Hall–Kier alpha value is -11.5. The maximum Gasteiger partial charge on any atom is 0.160 e. The Kier molecular flexibility index (Phi) is 26.3. The van der Waals surface area contributed by atoms with Crippen molar-refractivity contribution < 1.29 is 37.4 Å². The molecule has 0 saturated heterocycles. The molecule has 18 heteroatoms. The molecule has 0 unspecified atom stereocenters. The molecule has 0 saturated carbocycles. The van der Waals surface area contributed by atoms with Crippen LogP contribution in [0.2, 0.25) is 0 Å². The second-order valence-corrected chi connectivity index (χ2v) is 25.6. The summed E-state index contributed by atoms with van der Waals surface area (Å²) in [5, 5.41) is 19.9. The summed E-state index contributed by atoms with van der Waals surface area (Å²) >= 11 is 0. The number of nitrogens with zero attached hydrogens (tertiary/aromatic N) is 10. The number of pyridine rings is 5. The molecule has 10 aromatic rings. The largest absolute Gasteiger partial charge is 0.387 e. The van der Waals surface area contributed by atoms with Crippen molar-refractivity contribution in [2.24, 2.45) is 25.8 Å². The Morgan fingerprint density at radius 2 is 0.757 bits per heavy atom. The van der Waals surface area contributed by atoms with Crippen LogP contribution < -0.4 is 0 Å². The molecule has 5 aromatic carbocycles. The van der Waals surface area contributed by atoms with E-state index in [-0.39, 0.29) is 48.0 Å². The van der Waals surface area contributed by atoms with Gasteiger partial charge < -0.3 is 24.2 Å². The average Bonchev–Trinajstić information content (AvgIpc) is 1.79. The predicted molar refractivity (Wildman–Crippen MR) is 401 cm³/mol. The lowest BCUT2D eigenvalue weighted by Crippen LogP contribution is -2.07. The van der Waals surface area contributed by atoms with Gasteiger partial charge in [0.25, 0.3) is 0 Å². The predicted octanol–water partition coefficient (Wildman–Crippen LogP) is 19.7. The number of halogens is 3. The smallest absolute Gasteiger partial charge is 0.160 e. The normalized spacial score (nSPS) is 17.7. The first-order valence-electron chi connectivity index (χ1n) is 34.7. The van der Waals surface area contributed by atoms with Gasteiger partial charge in [-0.1, -0.05) is 153 Å². The molecular formula is C85H83F3N10O5. The first-order valence-corrected chi connectivity index (χ1v) is 34.7. The summed E-state index contributed by atoms with van der Waals surface area (Å²) < 4.78 is 42.6. The van der Waals surface area contributed by atoms with E-state index in [4.69, 9.17) is 24.2 Å². The first-order chi connectivity index (χ1) is 50.4. The van der Waals surface area contributed by atoms with Crippen LogP contribution in [0.25, 0.3) is 24.3 Å². The van der Waals surface area contributed by atoms with Crippen LogP contribution >= 0.6 is 0 Å². The van der Waals surface area contributed by atoms with Gasteiger partial charge in [-0.15, -0.1) is 0 Å². The molecule has 0 aliphatic carbocycles. The van der Waals surface area contributed by atoms with E-state index in [2.05, 4.69) is 93.2 Å². The maximum absolute atomic E-state index is 14.2. The van der Waals surface area contributed by atoms with Crippen molar-refractivity contribution in [1.29, 1.82) is 0 Å². The van der Waals surface area contributed by atoms with Crippen molar-refractivity contribution in [3.05, 3.63) is 327 Å². The number of oxime groups is 5. The van der Waals surface area contributed by atoms with E-state index in [1.165, 1.54) is 34.9 Å². The molecular weight excluding hydrogens is 1300 g/mol. The van der Waals surface area contributed by atoms with Crippen molar-refractivity contribution in [1.82, 2.24) is 24.9 Å². The van der Waals surface area contributed by atoms with Crippen LogP contribution in [0.15, 0.2) is 251 Å². The highest BCUT2D eigenvalue weighted by molar-refractivity contribution is 5.85. The standard InChI is InChI=1S/3C17H17FN2O.2C17H16N2O/c1-12-10-16(21-20-12)17-14(5-2-6-15(17)18)8-7-13-4-3-9-19-11-13;1-12-11-16(21-20-12)17-13(5-4-7-15(17)18)8-9-14-6-2-3-10-19-14;1-12-11-16(21-20-12)17-14(3-2-4-15(17)18)6-5-13-7-9-19-10-8-13;1-13-12-17(20-19-13)16-8-3-2-6-14(16)9-10-15-7-4-5-11-18-15;1-13-11-17(20-19-13)16-7-3-2-6-15(16)9-8-14-5-4-10-18-12-14/h2-6,9,11,16H,7-8,10H2,1H3;2-7,10,16H,8-9,11H2,1H3;2-4,7-10,16H,5-6,11H2,1H3;2-11,17H,12H2,1H3;2-10,12,17H,11H2,1H3/b;;;10-9+;9-8+/t3*16-;2*17-/m11111/s1. The third kappa shape index (κ3) is 21.3. The highest BCUT2D eigenvalue weighted by Gasteiger charge is 2.30. The lowest BCUT2D eigenvalue weighted by molar-refractivity contribution is 0.0821. The zero-order valence-electron chi connectivity index (χ0n) is 58.5. The van der Waals surface area contributed by atoms with Gasteiger partial charge in [-0.2, -0.15) is 0 Å². The maximum atomic E-state index is 14.2. The summed E-state index contributed by atoms with van der Waals surface area (Å²) in [6.07, 6.45) is 30.2. The van der Waals surface area contributed by atoms with Crippen molar-refractivity contribution in [2.75, 3.05) is 0 Å². The van der Waals surface area contributed by atoms with Crippen molar-refractivity contribution in [2.45, 2.75) is 136 Å². The van der Waals surface area contributed by atoms with E-state index in [1.54, 1.807) is 55.4 Å². The SMILES string of the molecule is CC1=NO[C@@H](c2c(F)cccc2CCc2ccccn2)C1.CC1=NO[C@@H](c2c(F)cccc2CCc2cccnc2)C1.CC1=NO[C@@H](c2c(F)cccc2CCc2ccncc2)C1.CC1=NO[C@@H](c2ccccc2/C=C/c2ccccn2)C1.CC1=NO[C@@H](c2ccccc2/C=C/c2cccnc2)C1. The molecule has 0 N–H and O–H groups in total. The molecule has 524 valence electrons. The number of benzene rings is 5. The van der Waals surface area contributed by atoms with Gasteiger partial charge in [-0.25, -0.2) is 13.2 Å². The quantitative estimate of drug-likeness (QED) is 0.0805. The van der Waals surface area contributed by atoms with Crippen LogP contribution in [0, 0.1) is 17.5 Å². The zero-order valence-corrected chi connectivity index (χ0v) is 58.5. The molecule has 0 fully saturated rings. The minimum Gasteiger partial charge on any atom is -0.387 e. The lowest BCUT2D eigenvalue weighted by atomic mass is 9.94. The average molecular weight is 1380 g/mol. The van der Waals surface area contributed by atoms with E-state index in [0.29, 0.717) is 36.0 Å². The molecule has 15 nitrogen and oxygen atoms in total. The molecule has 5 aliphatic rings. The fourth-order valence-corrected chi connectivity index (χ4v) is 12.4. The first kappa shape index (κ1) is 72.7. The molecule has 5 aliphatic heterocycles. The minimum absolute atomic E-state index is 0.0274. The van der Waals surface area contributed by atoms with Gasteiger partial charge in [0.1, 0.15) is 17.5 Å². The number of hydrogen-bond donors (Lipinski definition) is 0. The van der Waals surface area contributed by atoms with Gasteiger partial charge in [0, 0.05) is 115 Å². The zero-order chi connectivity index (χ0) is 71.5. The van der Waals surface area contributed by atoms with Gasteiger partial charge in [-0.3, -0.25) is 24.9 Å². The van der Waals surface area contributed by atoms with Crippen molar-refractivity contribution in [3.8, 4) is 0 Å². The van der Waals surface area contributed by atoms with E-state index in [9.17, 15) is 13.2 Å². The molecule has 0 amide bonds. The lowest BCUT2D eigenvalue weighted by Gasteiger charge is -2.15. The van der Waals surface area contributed by atoms with E-state index in [0.717, 1.165) is 130 Å². The van der Waals surface area contributed by atoms with Crippen LogP contribution in [0.3, 0.4) is 0 Å². The van der Waals surface area contributed by atoms with Gasteiger partial charge in [-0.05, 0) is 190 Å². The van der Waals surface area contributed by atoms with Crippen LogP contribution in [0.4, 0.5) is 13.2 Å². The third-order valence-corrected chi connectivity index (χ3v) is 17.6. The Bertz CT molecular complexity index is 4220. The highest BCUT2D eigenvalue weighted by Crippen LogP contribution is 2.37. The summed E-state index contributed by atoms with van der Waals surface area (Å²) in [7, 11) is 0. The van der Waals surface area contributed by atoms with E-state index >= 15 is 0 Å². The topological polar surface area (TPSA) is 172 Å². The van der Waals surface area contributed by atoms with Gasteiger partial charge >= 0.3 is 0 Å². The summed E-state index contributed by atoms with van der Waals surface area (Å²) in [5.74, 6) is -0.644. The highest BCUT2D eigenvalue weighted by atomic mass is 19.1. The summed E-state index contributed by atoms with van der Waals surface area (Å²) in [6, 6.07) is 55.7. The number of hydrogen-bond acceptors (Lipinski definition) is 15. The Labute approximate surface area is 600 Å². The summed E-state index contributed by atoms with van der Waals surface area (Å²) in [6.45, 7) is 9.68. The number of aryl methyl sites for hydroxylation is 6. The van der Waals surface area contributed by atoms with Crippen molar-refractivity contribution in [3.63, 3.8) is 0 Å². The second-order valence-electron chi connectivity index (χ2n) is 25.6. The molecule has 0 bridgehead atoms. The van der Waals surface area contributed by atoms with Crippen LogP contribution in [0.5, 0.6) is 0 Å². The van der Waals surface area contributed by atoms with Gasteiger partial charge in [0.05, 0.1) is 34.3 Å². The van der Waals surface area contributed by atoms with Crippen LogP contribution in [0.1, 0.15) is 181 Å². The Morgan fingerprint density at radius 3 is 1.18 bits per heavy atom. The number of rotatable bonds is 18. The summed E-state index contributed by atoms with van der Waals surface area (Å²) in [5.41, 5.74) is 19.7. The van der Waals surface area contributed by atoms with Crippen LogP contribution in [-0.4, -0.2) is 53.5 Å². The van der Waals surface area contributed by atoms with Gasteiger partial charge in [0.2, 0.25) is 0 Å². The fraction of sp³-hybridized carbons (Fsp3) is 0.247. The molecule has 10 heterocycles. The van der Waals surface area contributed by atoms with Gasteiger partial charge in [0.15, 0.2) is 30.5 Å². The molecule has 15 rings (SSSR count). The monoisotopic (exact) mass is 1380 g/mol. The molecule has 103 heavy (non-hydrogen) atoms. The second kappa shape index (κ2) is 37.2. The fourth-order valence-electron chi connectivity index (χ4n) is 12.4. The summed E-state index contributed by atoms with van der Waals surface area (Å²) in [4.78, 5) is 47.9. The van der Waals surface area contributed by atoms with E-state index in [1.807, 2.05) is 168 Å². The molecule has 5 atom stereocenters. The Morgan fingerprint density at radius 1 is 0.330 bits per heavy atom. The number of aromatic nitrogens is 5. The van der Waals surface area contributed by atoms with Crippen LogP contribution in [-0.2, 0) is 62.7 Å². The van der Waals surface area contributed by atoms with Crippen molar-refractivity contribution >= 4 is 52.9 Å². The van der Waals surface area contributed by atoms with E-state index < -0.39 is 0 Å². The molecule has 0 radical (unpaired) electrons.